The van der Waals surface area contributed by atoms with E-state index < -0.39 is 0 Å². The highest BCUT2D eigenvalue weighted by molar-refractivity contribution is 5.94. The Kier molecular flexibility index (Phi) is 6.92. The Morgan fingerprint density at radius 3 is 2.48 bits per heavy atom. The molecule has 5 heteroatoms. The summed E-state index contributed by atoms with van der Waals surface area (Å²) < 4.78 is 0. The molecule has 0 radical (unpaired) electrons. The number of nitrogens with zero attached hydrogens (tertiary/aromatic N) is 3. The van der Waals surface area contributed by atoms with Gasteiger partial charge in [-0.3, -0.25) is 4.79 Å². The Balaban J connectivity index is 1.36. The molecular formula is C26H30N4O. The first-order valence-electron chi connectivity index (χ1n) is 11.2. The van der Waals surface area contributed by atoms with Crippen molar-refractivity contribution in [3.8, 4) is 11.3 Å². The Morgan fingerprint density at radius 1 is 1.00 bits per heavy atom. The molecule has 1 aliphatic heterocycles. The van der Waals surface area contributed by atoms with Crippen LogP contribution in [0.2, 0.25) is 0 Å². The van der Waals surface area contributed by atoms with E-state index in [2.05, 4.69) is 39.2 Å². The molecule has 0 spiro atoms. The summed E-state index contributed by atoms with van der Waals surface area (Å²) in [5.41, 5.74) is 3.84. The molecule has 0 saturated carbocycles. The zero-order valence-electron chi connectivity index (χ0n) is 18.1. The van der Waals surface area contributed by atoms with Crippen LogP contribution in [-0.4, -0.2) is 35.0 Å². The molecule has 1 fully saturated rings. The van der Waals surface area contributed by atoms with Crippen LogP contribution >= 0.6 is 0 Å². The third-order valence-corrected chi connectivity index (χ3v) is 5.86. The number of benzene rings is 2. The van der Waals surface area contributed by atoms with Crippen molar-refractivity contribution < 1.29 is 4.79 Å². The van der Waals surface area contributed by atoms with E-state index in [-0.39, 0.29) is 11.9 Å². The molecule has 160 valence electrons. The van der Waals surface area contributed by atoms with Crippen LogP contribution in [0.5, 0.6) is 0 Å². The molecule has 1 aromatic heterocycles. The quantitative estimate of drug-likeness (QED) is 0.598. The van der Waals surface area contributed by atoms with Gasteiger partial charge in [0.2, 0.25) is 0 Å². The van der Waals surface area contributed by atoms with Crippen LogP contribution in [0.4, 0.5) is 5.82 Å². The van der Waals surface area contributed by atoms with E-state index >= 15 is 0 Å². The molecular weight excluding hydrogens is 384 g/mol. The fourth-order valence-corrected chi connectivity index (χ4v) is 4.00. The molecule has 2 heterocycles. The van der Waals surface area contributed by atoms with Crippen molar-refractivity contribution in [3.05, 3.63) is 78.1 Å². The van der Waals surface area contributed by atoms with Crippen molar-refractivity contribution in [3.63, 3.8) is 0 Å². The van der Waals surface area contributed by atoms with Gasteiger partial charge in [0.05, 0.1) is 5.69 Å². The summed E-state index contributed by atoms with van der Waals surface area (Å²) in [6.45, 7) is 4.16. The third kappa shape index (κ3) is 5.69. The number of nitrogens with one attached hydrogen (secondary N) is 1. The summed E-state index contributed by atoms with van der Waals surface area (Å²) in [5.74, 6) is 0.947. The number of anilines is 1. The Hall–Kier alpha value is -3.21. The molecule has 2 aromatic carbocycles. The molecule has 1 amide bonds. The molecule has 5 nitrogen and oxygen atoms in total. The predicted molar refractivity (Wildman–Crippen MR) is 125 cm³/mol. The summed E-state index contributed by atoms with van der Waals surface area (Å²) in [7, 11) is 0. The summed E-state index contributed by atoms with van der Waals surface area (Å²) in [4.78, 5) is 23.9. The standard InChI is InChI=1S/C26H30N4O/c1-20(10-11-21-8-4-2-5-9-21)29-26(31)23-14-12-22(13-15-23)24-18-25(28-19-27-24)30-16-6-3-7-17-30/h2,4-5,8-9,12-15,18-20H,3,6-7,10-11,16-17H2,1H3,(H,29,31)/t20-/m1/s1. The molecule has 0 unspecified atom stereocenters. The van der Waals surface area contributed by atoms with Crippen molar-refractivity contribution in [1.29, 1.82) is 0 Å². The first kappa shape index (κ1) is 21.0. The number of rotatable bonds is 7. The predicted octanol–water partition coefficient (Wildman–Crippen LogP) is 4.89. The highest BCUT2D eigenvalue weighted by atomic mass is 16.1. The van der Waals surface area contributed by atoms with Crippen LogP contribution in [0, 0.1) is 0 Å². The van der Waals surface area contributed by atoms with E-state index in [1.54, 1.807) is 6.33 Å². The summed E-state index contributed by atoms with van der Waals surface area (Å²) in [5, 5.41) is 3.11. The summed E-state index contributed by atoms with van der Waals surface area (Å²) in [6.07, 6.45) is 7.22. The molecule has 4 rings (SSSR count). The van der Waals surface area contributed by atoms with E-state index in [4.69, 9.17) is 0 Å². The van der Waals surface area contributed by atoms with Gasteiger partial charge in [-0.15, -0.1) is 0 Å². The number of piperidine rings is 1. The van der Waals surface area contributed by atoms with Crippen LogP contribution in [0.3, 0.4) is 0 Å². The van der Waals surface area contributed by atoms with Gasteiger partial charge in [0.25, 0.3) is 5.91 Å². The Morgan fingerprint density at radius 2 is 1.74 bits per heavy atom. The smallest absolute Gasteiger partial charge is 0.251 e. The van der Waals surface area contributed by atoms with Gasteiger partial charge < -0.3 is 10.2 Å². The van der Waals surface area contributed by atoms with E-state index in [0.29, 0.717) is 5.56 Å². The van der Waals surface area contributed by atoms with Crippen molar-refractivity contribution in [2.45, 2.75) is 45.1 Å². The minimum Gasteiger partial charge on any atom is -0.357 e. The third-order valence-electron chi connectivity index (χ3n) is 5.86. The number of aryl methyl sites for hydroxylation is 1. The van der Waals surface area contributed by atoms with Gasteiger partial charge >= 0.3 is 0 Å². The lowest BCUT2D eigenvalue weighted by molar-refractivity contribution is 0.0938. The normalized spacial score (nSPS) is 14.8. The Labute approximate surface area is 184 Å². The molecule has 0 bridgehead atoms. The van der Waals surface area contributed by atoms with Crippen LogP contribution in [0.25, 0.3) is 11.3 Å². The SMILES string of the molecule is C[C@H](CCc1ccccc1)NC(=O)c1ccc(-c2cc(N3CCCCC3)ncn2)cc1. The number of hydrogen-bond donors (Lipinski definition) is 1. The lowest BCUT2D eigenvalue weighted by atomic mass is 10.1. The molecule has 0 aliphatic carbocycles. The van der Waals surface area contributed by atoms with E-state index in [9.17, 15) is 4.79 Å². The van der Waals surface area contributed by atoms with Crippen molar-refractivity contribution in [1.82, 2.24) is 15.3 Å². The van der Waals surface area contributed by atoms with Crippen molar-refractivity contribution in [2.24, 2.45) is 0 Å². The lowest BCUT2D eigenvalue weighted by Gasteiger charge is -2.27. The van der Waals surface area contributed by atoms with E-state index in [0.717, 1.165) is 43.0 Å². The number of carbonyl (C=O) groups is 1. The van der Waals surface area contributed by atoms with Gasteiger partial charge in [-0.1, -0.05) is 42.5 Å². The molecule has 1 saturated heterocycles. The topological polar surface area (TPSA) is 58.1 Å². The molecule has 3 aromatic rings. The van der Waals surface area contributed by atoms with E-state index in [1.165, 1.54) is 24.8 Å². The van der Waals surface area contributed by atoms with E-state index in [1.807, 2.05) is 48.5 Å². The van der Waals surface area contributed by atoms with Gasteiger partial charge in [-0.25, -0.2) is 9.97 Å². The largest absolute Gasteiger partial charge is 0.357 e. The van der Waals surface area contributed by atoms with Crippen molar-refractivity contribution >= 4 is 11.7 Å². The van der Waals surface area contributed by atoms with Gasteiger partial charge in [0.1, 0.15) is 12.1 Å². The second-order valence-electron chi connectivity index (χ2n) is 8.29. The first-order chi connectivity index (χ1) is 15.2. The van der Waals surface area contributed by atoms with Gasteiger partial charge in [0.15, 0.2) is 0 Å². The monoisotopic (exact) mass is 414 g/mol. The highest BCUT2D eigenvalue weighted by Crippen LogP contribution is 2.23. The second kappa shape index (κ2) is 10.2. The molecule has 31 heavy (non-hydrogen) atoms. The second-order valence-corrected chi connectivity index (χ2v) is 8.29. The molecule has 1 aliphatic rings. The van der Waals surface area contributed by atoms with Gasteiger partial charge in [-0.05, 0) is 56.7 Å². The maximum atomic E-state index is 12.6. The van der Waals surface area contributed by atoms with Crippen LogP contribution in [0.15, 0.2) is 67.0 Å². The fourth-order valence-electron chi connectivity index (χ4n) is 4.00. The average Bonchev–Trinajstić information content (AvgIpc) is 2.84. The minimum absolute atomic E-state index is 0.0381. The lowest BCUT2D eigenvalue weighted by Crippen LogP contribution is -2.32. The maximum Gasteiger partial charge on any atom is 0.251 e. The van der Waals surface area contributed by atoms with Gasteiger partial charge in [0, 0.05) is 36.3 Å². The number of hydrogen-bond acceptors (Lipinski definition) is 4. The maximum absolute atomic E-state index is 12.6. The van der Waals surface area contributed by atoms with Crippen molar-refractivity contribution in [2.75, 3.05) is 18.0 Å². The number of amides is 1. The number of aromatic nitrogens is 2. The Bertz CT molecular complexity index is 982. The molecule has 1 N–H and O–H groups in total. The molecule has 1 atom stereocenters. The van der Waals surface area contributed by atoms with Crippen LogP contribution in [-0.2, 0) is 6.42 Å². The summed E-state index contributed by atoms with van der Waals surface area (Å²) >= 11 is 0. The average molecular weight is 415 g/mol. The van der Waals surface area contributed by atoms with Crippen LogP contribution < -0.4 is 10.2 Å². The van der Waals surface area contributed by atoms with Crippen LogP contribution in [0.1, 0.15) is 48.5 Å². The zero-order valence-corrected chi connectivity index (χ0v) is 18.1. The first-order valence-corrected chi connectivity index (χ1v) is 11.2. The zero-order chi connectivity index (χ0) is 21.5. The van der Waals surface area contributed by atoms with Gasteiger partial charge in [-0.2, -0.15) is 0 Å². The minimum atomic E-state index is -0.0381. The fraction of sp³-hybridized carbons (Fsp3) is 0.346. The number of carbonyl (C=O) groups excluding carboxylic acids is 1. The highest BCUT2D eigenvalue weighted by Gasteiger charge is 2.14. The summed E-state index contributed by atoms with van der Waals surface area (Å²) in [6, 6.07) is 20.2.